The maximum atomic E-state index is 12.6. The van der Waals surface area contributed by atoms with Crippen LogP contribution in [0.4, 0.5) is 5.69 Å². The second kappa shape index (κ2) is 7.97. The third-order valence-corrected chi connectivity index (χ3v) is 5.02. The summed E-state index contributed by atoms with van der Waals surface area (Å²) in [6.07, 6.45) is 0. The quantitative estimate of drug-likeness (QED) is 0.445. The van der Waals surface area contributed by atoms with Crippen LogP contribution in [0.25, 0.3) is 0 Å². The molecule has 126 valence electrons. The Balaban J connectivity index is 2.02. The lowest BCUT2D eigenvalue weighted by molar-refractivity contribution is -0.384. The predicted molar refractivity (Wildman–Crippen MR) is 96.0 cm³/mol. The van der Waals surface area contributed by atoms with Crippen molar-refractivity contribution in [3.05, 3.63) is 70.3 Å². The number of nitro groups is 1. The summed E-state index contributed by atoms with van der Waals surface area (Å²) in [4.78, 5) is 25.5. The summed E-state index contributed by atoms with van der Waals surface area (Å²) >= 11 is 1.40. The minimum absolute atomic E-state index is 0.0152. The number of hydrogen-bond donors (Lipinski definition) is 0. The number of hydrogen-bond acceptors (Lipinski definition) is 4. The lowest BCUT2D eigenvalue weighted by Gasteiger charge is -2.28. The number of thioether (sulfide) groups is 1. The standard InChI is InChI=1S/C18H20N2O3S/c1-13(15-7-5-4-6-8-15)19(3)18(21)14(2)24-17-11-9-16(10-12-17)20(22)23/h4-14H,1-3H3/t13-,14+/m1/s1. The number of nitro benzene ring substituents is 1. The summed E-state index contributed by atoms with van der Waals surface area (Å²) in [7, 11) is 1.80. The SMILES string of the molecule is C[C@H](Sc1ccc([N+](=O)[O-])cc1)C(=O)N(C)[C@H](C)c1ccccc1. The van der Waals surface area contributed by atoms with Crippen molar-refractivity contribution in [2.75, 3.05) is 7.05 Å². The molecule has 2 rings (SSSR count). The van der Waals surface area contributed by atoms with Crippen molar-refractivity contribution >= 4 is 23.4 Å². The van der Waals surface area contributed by atoms with E-state index in [1.54, 1.807) is 24.1 Å². The number of carbonyl (C=O) groups excluding carboxylic acids is 1. The molecule has 0 saturated carbocycles. The Labute approximate surface area is 145 Å². The van der Waals surface area contributed by atoms with Gasteiger partial charge in [-0.2, -0.15) is 0 Å². The molecule has 0 N–H and O–H groups in total. The lowest BCUT2D eigenvalue weighted by Crippen LogP contribution is -2.35. The number of carbonyl (C=O) groups is 1. The van der Waals surface area contributed by atoms with Crippen LogP contribution in [0, 0.1) is 10.1 Å². The zero-order valence-corrected chi connectivity index (χ0v) is 14.7. The van der Waals surface area contributed by atoms with E-state index in [4.69, 9.17) is 0 Å². The topological polar surface area (TPSA) is 63.5 Å². The van der Waals surface area contributed by atoms with E-state index in [-0.39, 0.29) is 22.9 Å². The van der Waals surface area contributed by atoms with Crippen LogP contribution < -0.4 is 0 Å². The molecule has 0 radical (unpaired) electrons. The van der Waals surface area contributed by atoms with E-state index in [0.29, 0.717) is 0 Å². The highest BCUT2D eigenvalue weighted by atomic mass is 32.2. The summed E-state index contributed by atoms with van der Waals surface area (Å²) in [6.45, 7) is 3.85. The Bertz CT molecular complexity index is 704. The summed E-state index contributed by atoms with van der Waals surface area (Å²) in [6, 6.07) is 16.1. The Morgan fingerprint density at radius 1 is 1.08 bits per heavy atom. The third kappa shape index (κ3) is 4.35. The van der Waals surface area contributed by atoms with Crippen molar-refractivity contribution in [1.82, 2.24) is 4.90 Å². The highest BCUT2D eigenvalue weighted by molar-refractivity contribution is 8.00. The molecule has 0 spiro atoms. The van der Waals surface area contributed by atoms with Gasteiger partial charge in [0.25, 0.3) is 5.69 Å². The summed E-state index contributed by atoms with van der Waals surface area (Å²) < 4.78 is 0. The minimum Gasteiger partial charge on any atom is -0.338 e. The third-order valence-electron chi connectivity index (χ3n) is 3.92. The average Bonchev–Trinajstić information content (AvgIpc) is 2.61. The zero-order valence-electron chi connectivity index (χ0n) is 13.9. The van der Waals surface area contributed by atoms with Gasteiger partial charge in [-0.25, -0.2) is 0 Å². The summed E-state index contributed by atoms with van der Waals surface area (Å²) in [5, 5.41) is 10.4. The van der Waals surface area contributed by atoms with Gasteiger partial charge in [0.1, 0.15) is 0 Å². The van der Waals surface area contributed by atoms with E-state index in [0.717, 1.165) is 10.5 Å². The van der Waals surface area contributed by atoms with Gasteiger partial charge >= 0.3 is 0 Å². The van der Waals surface area contributed by atoms with E-state index in [9.17, 15) is 14.9 Å². The first kappa shape index (κ1) is 18.0. The highest BCUT2D eigenvalue weighted by Crippen LogP contribution is 2.28. The fourth-order valence-corrected chi connectivity index (χ4v) is 3.30. The van der Waals surface area contributed by atoms with Crippen molar-refractivity contribution in [3.63, 3.8) is 0 Å². The zero-order chi connectivity index (χ0) is 17.7. The maximum Gasteiger partial charge on any atom is 0.269 e. The largest absolute Gasteiger partial charge is 0.338 e. The van der Waals surface area contributed by atoms with Crippen LogP contribution in [0.2, 0.25) is 0 Å². The molecule has 2 aromatic carbocycles. The van der Waals surface area contributed by atoms with Gasteiger partial charge in [-0.1, -0.05) is 30.3 Å². The van der Waals surface area contributed by atoms with Crippen LogP contribution in [-0.2, 0) is 4.79 Å². The molecule has 0 unspecified atom stereocenters. The molecule has 0 aliphatic carbocycles. The molecular weight excluding hydrogens is 324 g/mol. The minimum atomic E-state index is -0.432. The molecule has 0 fully saturated rings. The predicted octanol–water partition coefficient (Wildman–Crippen LogP) is 4.30. The molecule has 0 aliphatic heterocycles. The Morgan fingerprint density at radius 2 is 1.67 bits per heavy atom. The first-order valence-electron chi connectivity index (χ1n) is 7.63. The summed E-state index contributed by atoms with van der Waals surface area (Å²) in [5.74, 6) is 0.0229. The van der Waals surface area contributed by atoms with Gasteiger partial charge < -0.3 is 4.90 Å². The van der Waals surface area contributed by atoms with Crippen molar-refractivity contribution in [2.24, 2.45) is 0 Å². The van der Waals surface area contributed by atoms with Crippen LogP contribution >= 0.6 is 11.8 Å². The smallest absolute Gasteiger partial charge is 0.269 e. The van der Waals surface area contributed by atoms with Crippen LogP contribution in [0.15, 0.2) is 59.5 Å². The number of non-ortho nitro benzene ring substituents is 1. The van der Waals surface area contributed by atoms with Crippen molar-refractivity contribution in [3.8, 4) is 0 Å². The van der Waals surface area contributed by atoms with Crippen LogP contribution in [0.3, 0.4) is 0 Å². The first-order chi connectivity index (χ1) is 11.4. The summed E-state index contributed by atoms with van der Waals surface area (Å²) in [5.41, 5.74) is 1.13. The number of amides is 1. The normalized spacial score (nSPS) is 13.1. The molecule has 0 heterocycles. The fraction of sp³-hybridized carbons (Fsp3) is 0.278. The van der Waals surface area contributed by atoms with E-state index in [1.807, 2.05) is 44.2 Å². The molecule has 6 heteroatoms. The van der Waals surface area contributed by atoms with Crippen LogP contribution in [-0.4, -0.2) is 28.0 Å². The molecule has 0 aliphatic rings. The number of nitrogens with zero attached hydrogens (tertiary/aromatic N) is 2. The molecular formula is C18H20N2O3S. The van der Waals surface area contributed by atoms with E-state index >= 15 is 0 Å². The van der Waals surface area contributed by atoms with Gasteiger partial charge in [0, 0.05) is 24.1 Å². The molecule has 2 atom stereocenters. The maximum absolute atomic E-state index is 12.6. The molecule has 5 nitrogen and oxygen atoms in total. The lowest BCUT2D eigenvalue weighted by atomic mass is 10.1. The molecule has 2 aromatic rings. The van der Waals surface area contributed by atoms with E-state index in [1.165, 1.54) is 23.9 Å². The van der Waals surface area contributed by atoms with Gasteiger partial charge in [-0.15, -0.1) is 11.8 Å². The average molecular weight is 344 g/mol. The van der Waals surface area contributed by atoms with Crippen molar-refractivity contribution < 1.29 is 9.72 Å². The molecule has 0 bridgehead atoms. The van der Waals surface area contributed by atoms with Gasteiger partial charge in [-0.3, -0.25) is 14.9 Å². The molecule has 1 amide bonds. The Hall–Kier alpha value is -2.34. The van der Waals surface area contributed by atoms with Crippen molar-refractivity contribution in [1.29, 1.82) is 0 Å². The molecule has 24 heavy (non-hydrogen) atoms. The highest BCUT2D eigenvalue weighted by Gasteiger charge is 2.23. The van der Waals surface area contributed by atoms with Crippen molar-refractivity contribution in [2.45, 2.75) is 30.0 Å². The number of rotatable bonds is 6. The van der Waals surface area contributed by atoms with Gasteiger partial charge in [0.15, 0.2) is 0 Å². The van der Waals surface area contributed by atoms with Gasteiger partial charge in [-0.05, 0) is 31.5 Å². The van der Waals surface area contributed by atoms with Gasteiger partial charge in [0.05, 0.1) is 16.2 Å². The second-order valence-corrected chi connectivity index (χ2v) is 6.96. The van der Waals surface area contributed by atoms with Crippen LogP contribution in [0.5, 0.6) is 0 Å². The molecule has 0 aromatic heterocycles. The Kier molecular flexibility index (Phi) is 5.98. The molecule has 0 saturated heterocycles. The van der Waals surface area contributed by atoms with Gasteiger partial charge in [0.2, 0.25) is 5.91 Å². The monoisotopic (exact) mass is 344 g/mol. The Morgan fingerprint density at radius 3 is 2.21 bits per heavy atom. The first-order valence-corrected chi connectivity index (χ1v) is 8.51. The number of benzene rings is 2. The second-order valence-electron chi connectivity index (χ2n) is 5.55. The van der Waals surface area contributed by atoms with Crippen LogP contribution in [0.1, 0.15) is 25.5 Å². The fourth-order valence-electron chi connectivity index (χ4n) is 2.33. The van der Waals surface area contributed by atoms with E-state index < -0.39 is 4.92 Å². The van der Waals surface area contributed by atoms with E-state index in [2.05, 4.69) is 0 Å².